The highest BCUT2D eigenvalue weighted by Gasteiger charge is 2.38. The average Bonchev–Trinajstić information content (AvgIpc) is 2.64. The van der Waals surface area contributed by atoms with Crippen molar-refractivity contribution < 1.29 is 9.90 Å². The van der Waals surface area contributed by atoms with E-state index in [2.05, 4.69) is 20.8 Å². The predicted octanol–water partition coefficient (Wildman–Crippen LogP) is 4.22. The Labute approximate surface area is 124 Å². The predicted molar refractivity (Wildman–Crippen MR) is 79.1 cm³/mol. The Morgan fingerprint density at radius 3 is 2.55 bits per heavy atom. The fourth-order valence-electron chi connectivity index (χ4n) is 2.74. The molecule has 1 aromatic rings. The van der Waals surface area contributed by atoms with Gasteiger partial charge >= 0.3 is 6.09 Å². The van der Waals surface area contributed by atoms with Crippen molar-refractivity contribution in [3.63, 3.8) is 0 Å². The molecule has 0 spiro atoms. The van der Waals surface area contributed by atoms with Crippen molar-refractivity contribution in [3.05, 3.63) is 28.0 Å². The van der Waals surface area contributed by atoms with Gasteiger partial charge in [-0.15, -0.1) is 0 Å². The van der Waals surface area contributed by atoms with Gasteiger partial charge in [0.1, 0.15) is 0 Å². The van der Waals surface area contributed by atoms with E-state index in [1.807, 2.05) is 19.9 Å². The molecule has 1 aromatic heterocycles. The third-order valence-corrected chi connectivity index (χ3v) is 3.92. The minimum atomic E-state index is -0.907. The molecule has 0 radical (unpaired) electrons. The van der Waals surface area contributed by atoms with Gasteiger partial charge in [0, 0.05) is 5.41 Å². The summed E-state index contributed by atoms with van der Waals surface area (Å²) in [5, 5.41) is 9.98. The minimum Gasteiger partial charge on any atom is -0.465 e. The molecule has 20 heavy (non-hydrogen) atoms. The van der Waals surface area contributed by atoms with Gasteiger partial charge in [0.05, 0.1) is 29.0 Å². The van der Waals surface area contributed by atoms with Crippen LogP contribution in [0.15, 0.2) is 6.07 Å². The van der Waals surface area contributed by atoms with Crippen LogP contribution in [0.25, 0.3) is 0 Å². The van der Waals surface area contributed by atoms with E-state index >= 15 is 0 Å². The van der Waals surface area contributed by atoms with E-state index in [4.69, 9.17) is 16.6 Å². The number of nitrogens with zero attached hydrogens (tertiary/aromatic N) is 2. The van der Waals surface area contributed by atoms with Crippen LogP contribution in [0.2, 0.25) is 5.02 Å². The first-order valence-corrected chi connectivity index (χ1v) is 7.20. The Morgan fingerprint density at radius 2 is 2.10 bits per heavy atom. The lowest BCUT2D eigenvalue weighted by molar-refractivity contribution is 0.115. The summed E-state index contributed by atoms with van der Waals surface area (Å²) in [5.41, 5.74) is 2.45. The highest BCUT2D eigenvalue weighted by atomic mass is 35.5. The van der Waals surface area contributed by atoms with E-state index in [1.165, 1.54) is 4.90 Å². The van der Waals surface area contributed by atoms with Gasteiger partial charge < -0.3 is 5.11 Å². The van der Waals surface area contributed by atoms with E-state index in [0.717, 1.165) is 17.0 Å². The fourth-order valence-corrected chi connectivity index (χ4v) is 3.20. The lowest BCUT2D eigenvalue weighted by Crippen LogP contribution is -2.31. The SMILES string of the molecule is CC(C)C1c2nc(C(C)(C)C)c(Cl)cc2CN1C(=O)O. The molecule has 0 fully saturated rings. The topological polar surface area (TPSA) is 53.4 Å². The highest BCUT2D eigenvalue weighted by Crippen LogP contribution is 2.40. The van der Waals surface area contributed by atoms with Crippen LogP contribution in [0.3, 0.4) is 0 Å². The van der Waals surface area contributed by atoms with E-state index in [0.29, 0.717) is 11.6 Å². The molecule has 1 aliphatic heterocycles. The molecule has 4 nitrogen and oxygen atoms in total. The first-order valence-electron chi connectivity index (χ1n) is 6.82. The van der Waals surface area contributed by atoms with Gasteiger partial charge in [-0.25, -0.2) is 4.79 Å². The van der Waals surface area contributed by atoms with Gasteiger partial charge in [0.25, 0.3) is 0 Å². The highest BCUT2D eigenvalue weighted by molar-refractivity contribution is 6.31. The first-order chi connectivity index (χ1) is 9.12. The summed E-state index contributed by atoms with van der Waals surface area (Å²) in [4.78, 5) is 17.6. The van der Waals surface area contributed by atoms with Crippen molar-refractivity contribution in [2.75, 3.05) is 0 Å². The molecule has 1 unspecified atom stereocenters. The molecule has 0 saturated heterocycles. The molecule has 1 aliphatic rings. The molecular formula is C15H21ClN2O2. The van der Waals surface area contributed by atoms with Crippen LogP contribution in [-0.2, 0) is 12.0 Å². The molecule has 1 atom stereocenters. The van der Waals surface area contributed by atoms with Crippen LogP contribution >= 0.6 is 11.6 Å². The van der Waals surface area contributed by atoms with E-state index < -0.39 is 6.09 Å². The number of halogens is 1. The second-order valence-electron chi connectivity index (χ2n) is 6.71. The minimum absolute atomic E-state index is 0.162. The number of fused-ring (bicyclic) bond motifs is 1. The number of carbonyl (C=O) groups is 1. The molecule has 1 amide bonds. The monoisotopic (exact) mass is 296 g/mol. The summed E-state index contributed by atoms with van der Waals surface area (Å²) in [7, 11) is 0. The van der Waals surface area contributed by atoms with Crippen molar-refractivity contribution in [1.82, 2.24) is 9.88 Å². The van der Waals surface area contributed by atoms with Gasteiger partial charge in [0.15, 0.2) is 0 Å². The second kappa shape index (κ2) is 4.92. The Morgan fingerprint density at radius 1 is 1.50 bits per heavy atom. The van der Waals surface area contributed by atoms with E-state index in [1.54, 1.807) is 0 Å². The zero-order valence-corrected chi connectivity index (χ0v) is 13.3. The van der Waals surface area contributed by atoms with Crippen LogP contribution in [0.4, 0.5) is 4.79 Å². The number of aromatic nitrogens is 1. The van der Waals surface area contributed by atoms with Crippen molar-refractivity contribution in [2.45, 2.75) is 52.6 Å². The maximum absolute atomic E-state index is 11.4. The third kappa shape index (κ3) is 2.49. The van der Waals surface area contributed by atoms with Gasteiger partial charge in [-0.2, -0.15) is 0 Å². The standard InChI is InChI=1S/C15H21ClN2O2/c1-8(2)12-11-9(7-18(12)14(19)20)6-10(16)13(17-11)15(3,4)5/h6,8,12H,7H2,1-5H3,(H,19,20). The average molecular weight is 297 g/mol. The summed E-state index contributed by atoms with van der Waals surface area (Å²) in [6, 6.07) is 1.68. The van der Waals surface area contributed by atoms with Crippen molar-refractivity contribution in [1.29, 1.82) is 0 Å². The van der Waals surface area contributed by atoms with Gasteiger partial charge in [0.2, 0.25) is 0 Å². The second-order valence-corrected chi connectivity index (χ2v) is 7.12. The summed E-state index contributed by atoms with van der Waals surface area (Å²) in [6.07, 6.45) is -0.907. The number of hydrogen-bond acceptors (Lipinski definition) is 2. The third-order valence-electron chi connectivity index (χ3n) is 3.63. The Kier molecular flexibility index (Phi) is 3.71. The largest absolute Gasteiger partial charge is 0.465 e. The lowest BCUT2D eigenvalue weighted by Gasteiger charge is -2.26. The molecule has 0 aromatic carbocycles. The summed E-state index contributed by atoms with van der Waals surface area (Å²) in [5.74, 6) is 0.175. The van der Waals surface area contributed by atoms with Gasteiger partial charge in [-0.3, -0.25) is 9.88 Å². The number of amides is 1. The molecule has 110 valence electrons. The fraction of sp³-hybridized carbons (Fsp3) is 0.600. The maximum Gasteiger partial charge on any atom is 0.408 e. The zero-order valence-electron chi connectivity index (χ0n) is 12.6. The number of rotatable bonds is 1. The van der Waals surface area contributed by atoms with Crippen molar-refractivity contribution in [3.8, 4) is 0 Å². The molecular weight excluding hydrogens is 276 g/mol. The number of hydrogen-bond donors (Lipinski definition) is 1. The van der Waals surface area contributed by atoms with Crippen LogP contribution < -0.4 is 0 Å². The molecule has 5 heteroatoms. The van der Waals surface area contributed by atoms with Gasteiger partial charge in [-0.1, -0.05) is 46.2 Å². The summed E-state index contributed by atoms with van der Waals surface area (Å²) < 4.78 is 0. The first kappa shape index (κ1) is 15.1. The molecule has 1 N–H and O–H groups in total. The Hall–Kier alpha value is -1.29. The van der Waals surface area contributed by atoms with Crippen LogP contribution in [0.5, 0.6) is 0 Å². The lowest BCUT2D eigenvalue weighted by atomic mass is 9.90. The van der Waals surface area contributed by atoms with Crippen LogP contribution in [0.1, 0.15) is 57.6 Å². The molecule has 0 saturated carbocycles. The van der Waals surface area contributed by atoms with Crippen molar-refractivity contribution in [2.24, 2.45) is 5.92 Å². The summed E-state index contributed by atoms with van der Waals surface area (Å²) >= 11 is 6.32. The molecule has 0 aliphatic carbocycles. The zero-order chi connectivity index (χ0) is 15.2. The number of carboxylic acid groups (broad SMARTS) is 1. The van der Waals surface area contributed by atoms with Crippen LogP contribution in [-0.4, -0.2) is 21.1 Å². The Bertz CT molecular complexity index is 550. The molecule has 0 bridgehead atoms. The smallest absolute Gasteiger partial charge is 0.408 e. The van der Waals surface area contributed by atoms with E-state index in [-0.39, 0.29) is 17.4 Å². The molecule has 2 heterocycles. The van der Waals surface area contributed by atoms with Crippen LogP contribution in [0, 0.1) is 5.92 Å². The van der Waals surface area contributed by atoms with Crippen molar-refractivity contribution >= 4 is 17.7 Å². The number of pyridine rings is 1. The maximum atomic E-state index is 11.4. The summed E-state index contributed by atoms with van der Waals surface area (Å²) in [6.45, 7) is 10.6. The Balaban J connectivity index is 2.57. The quantitative estimate of drug-likeness (QED) is 0.844. The molecule has 2 rings (SSSR count). The van der Waals surface area contributed by atoms with Gasteiger partial charge in [-0.05, 0) is 17.5 Å². The van der Waals surface area contributed by atoms with E-state index in [9.17, 15) is 9.90 Å². The normalized spacial score (nSPS) is 18.6.